The van der Waals surface area contributed by atoms with Crippen LogP contribution in [0, 0.1) is 11.7 Å². The highest BCUT2D eigenvalue weighted by atomic mass is 35.5. The Labute approximate surface area is 187 Å². The molecule has 3 rings (SSSR count). The lowest BCUT2D eigenvalue weighted by Gasteiger charge is -2.32. The average Bonchev–Trinajstić information content (AvgIpc) is 2.69. The minimum absolute atomic E-state index is 0.0857. The summed E-state index contributed by atoms with van der Waals surface area (Å²) in [5.41, 5.74) is 0.300. The fourth-order valence-corrected chi connectivity index (χ4v) is 5.05. The van der Waals surface area contributed by atoms with Crippen LogP contribution in [0.4, 0.5) is 10.1 Å². The van der Waals surface area contributed by atoms with E-state index in [4.69, 9.17) is 11.6 Å². The van der Waals surface area contributed by atoms with E-state index in [0.29, 0.717) is 5.92 Å². The van der Waals surface area contributed by atoms with Crippen LogP contribution in [0.15, 0.2) is 47.4 Å². The maximum Gasteiger partial charge on any atom is 0.261 e. The fraction of sp³-hybridized carbons (Fsp3) is 0.409. The zero-order valence-corrected chi connectivity index (χ0v) is 19.1. The number of hydrogen-bond acceptors (Lipinski definition) is 4. The number of anilines is 1. The summed E-state index contributed by atoms with van der Waals surface area (Å²) < 4.78 is 40.8. The third kappa shape index (κ3) is 6.41. The molecule has 2 unspecified atom stereocenters. The Bertz CT molecular complexity index is 1030. The highest BCUT2D eigenvalue weighted by Gasteiger charge is 2.22. The second kappa shape index (κ2) is 9.97. The van der Waals surface area contributed by atoms with E-state index in [0.717, 1.165) is 38.2 Å². The molecule has 1 amide bonds. The van der Waals surface area contributed by atoms with Crippen molar-refractivity contribution in [2.24, 2.45) is 5.92 Å². The number of piperidine rings is 1. The van der Waals surface area contributed by atoms with Crippen molar-refractivity contribution in [2.75, 3.05) is 24.4 Å². The molecule has 0 bridgehead atoms. The predicted molar refractivity (Wildman–Crippen MR) is 120 cm³/mol. The lowest BCUT2D eigenvalue weighted by molar-refractivity contribution is 0.0920. The summed E-state index contributed by atoms with van der Waals surface area (Å²) in [6.45, 7) is 6.87. The van der Waals surface area contributed by atoms with Crippen molar-refractivity contribution < 1.29 is 17.6 Å². The van der Waals surface area contributed by atoms with Crippen LogP contribution in [-0.2, 0) is 10.0 Å². The predicted octanol–water partition coefficient (Wildman–Crippen LogP) is 4.13. The van der Waals surface area contributed by atoms with Gasteiger partial charge in [-0.05, 0) is 74.7 Å². The maximum absolute atomic E-state index is 13.1. The number of hydrogen-bond donors (Lipinski definition) is 2. The van der Waals surface area contributed by atoms with Gasteiger partial charge in [0.25, 0.3) is 15.9 Å². The Morgan fingerprint density at radius 3 is 2.65 bits per heavy atom. The number of nitrogens with one attached hydrogen (secondary N) is 2. The highest BCUT2D eigenvalue weighted by molar-refractivity contribution is 7.92. The first-order valence-corrected chi connectivity index (χ1v) is 12.1. The van der Waals surface area contributed by atoms with Crippen molar-refractivity contribution in [3.63, 3.8) is 0 Å². The molecule has 2 aromatic carbocycles. The fourth-order valence-electron chi connectivity index (χ4n) is 3.76. The Kier molecular flexibility index (Phi) is 7.56. The molecule has 1 aliphatic rings. The van der Waals surface area contributed by atoms with E-state index >= 15 is 0 Å². The number of benzene rings is 2. The van der Waals surface area contributed by atoms with E-state index < -0.39 is 21.7 Å². The summed E-state index contributed by atoms with van der Waals surface area (Å²) in [5, 5.41) is 3.08. The number of halogens is 2. The van der Waals surface area contributed by atoms with Gasteiger partial charge < -0.3 is 10.2 Å². The summed E-state index contributed by atoms with van der Waals surface area (Å²) in [5.74, 6) is -0.260. The second-order valence-electron chi connectivity index (χ2n) is 8.14. The van der Waals surface area contributed by atoms with Gasteiger partial charge in [0.1, 0.15) is 5.82 Å². The van der Waals surface area contributed by atoms with Crippen LogP contribution in [0.3, 0.4) is 0 Å². The second-order valence-corrected chi connectivity index (χ2v) is 10.2. The molecular formula is C22H27ClFN3O3S. The Hall–Kier alpha value is -2.16. The molecule has 0 radical (unpaired) electrons. The van der Waals surface area contributed by atoms with Crippen molar-refractivity contribution in [1.29, 1.82) is 0 Å². The van der Waals surface area contributed by atoms with Gasteiger partial charge in [-0.2, -0.15) is 0 Å². The molecule has 168 valence electrons. The zero-order chi connectivity index (χ0) is 22.6. The van der Waals surface area contributed by atoms with E-state index in [1.807, 2.05) is 6.92 Å². The van der Waals surface area contributed by atoms with Crippen molar-refractivity contribution >= 4 is 33.2 Å². The van der Waals surface area contributed by atoms with Crippen molar-refractivity contribution in [3.05, 3.63) is 58.9 Å². The molecule has 6 nitrogen and oxygen atoms in total. The summed E-state index contributed by atoms with van der Waals surface area (Å²) in [6, 6.07) is 8.78. The smallest absolute Gasteiger partial charge is 0.261 e. The van der Waals surface area contributed by atoms with E-state index in [9.17, 15) is 17.6 Å². The van der Waals surface area contributed by atoms with Crippen molar-refractivity contribution in [1.82, 2.24) is 10.2 Å². The largest absolute Gasteiger partial charge is 0.348 e. The lowest BCUT2D eigenvalue weighted by Crippen LogP contribution is -2.45. The molecule has 2 atom stereocenters. The standard InChI is InChI=1S/C22H27ClFN3O3S/c1-15-4-3-11-27(13-15)14-16(2)25-22(28)20-12-19(9-10-21(20)23)31(29,30)26-18-7-5-17(24)6-8-18/h5-10,12,15-16,26H,3-4,11,13-14H2,1-2H3,(H,25,28). The summed E-state index contributed by atoms with van der Waals surface area (Å²) >= 11 is 6.19. The highest BCUT2D eigenvalue weighted by Crippen LogP contribution is 2.23. The molecule has 0 spiro atoms. The van der Waals surface area contributed by atoms with Gasteiger partial charge in [0, 0.05) is 24.8 Å². The molecule has 1 fully saturated rings. The van der Waals surface area contributed by atoms with E-state index in [1.165, 1.54) is 36.8 Å². The normalized spacial score (nSPS) is 18.4. The first kappa shape index (κ1) is 23.5. The van der Waals surface area contributed by atoms with Gasteiger partial charge in [0.2, 0.25) is 0 Å². The van der Waals surface area contributed by atoms with Crippen molar-refractivity contribution in [3.8, 4) is 0 Å². The quantitative estimate of drug-likeness (QED) is 0.641. The van der Waals surface area contributed by atoms with Gasteiger partial charge in [0.05, 0.1) is 15.5 Å². The number of rotatable bonds is 7. The van der Waals surface area contributed by atoms with E-state index in [-0.39, 0.29) is 27.2 Å². The molecule has 0 aliphatic carbocycles. The molecular weight excluding hydrogens is 441 g/mol. The van der Waals surface area contributed by atoms with Crippen LogP contribution >= 0.6 is 11.6 Å². The molecule has 1 aliphatic heterocycles. The number of sulfonamides is 1. The first-order valence-electron chi connectivity index (χ1n) is 10.2. The molecule has 2 aromatic rings. The molecule has 2 N–H and O–H groups in total. The van der Waals surface area contributed by atoms with Crippen LogP contribution in [0.2, 0.25) is 5.02 Å². The lowest BCUT2D eigenvalue weighted by atomic mass is 10.00. The van der Waals surface area contributed by atoms with Crippen LogP contribution in [0.1, 0.15) is 37.0 Å². The Morgan fingerprint density at radius 2 is 1.97 bits per heavy atom. The molecule has 31 heavy (non-hydrogen) atoms. The molecule has 1 heterocycles. The topological polar surface area (TPSA) is 78.5 Å². The average molecular weight is 468 g/mol. The van der Waals surface area contributed by atoms with Gasteiger partial charge in [-0.25, -0.2) is 12.8 Å². The number of likely N-dealkylation sites (tertiary alicyclic amines) is 1. The SMILES string of the molecule is CC1CCCN(CC(C)NC(=O)c2cc(S(=O)(=O)Nc3ccc(F)cc3)ccc2Cl)C1. The number of nitrogens with zero attached hydrogens (tertiary/aromatic N) is 1. The van der Waals surface area contributed by atoms with Gasteiger partial charge in [0.15, 0.2) is 0 Å². The summed E-state index contributed by atoms with van der Waals surface area (Å²) in [4.78, 5) is 15.0. The minimum atomic E-state index is -3.98. The molecule has 0 aromatic heterocycles. The van der Waals surface area contributed by atoms with Gasteiger partial charge in [-0.1, -0.05) is 18.5 Å². The first-order chi connectivity index (χ1) is 14.6. The Balaban J connectivity index is 1.70. The van der Waals surface area contributed by atoms with Gasteiger partial charge in [-0.15, -0.1) is 0 Å². The summed E-state index contributed by atoms with van der Waals surface area (Å²) in [7, 11) is -3.98. The number of carbonyl (C=O) groups is 1. The van der Waals surface area contributed by atoms with Gasteiger partial charge in [-0.3, -0.25) is 9.52 Å². The molecule has 9 heteroatoms. The van der Waals surface area contributed by atoms with Crippen LogP contribution < -0.4 is 10.0 Å². The van der Waals surface area contributed by atoms with E-state index in [2.05, 4.69) is 21.9 Å². The van der Waals surface area contributed by atoms with Crippen LogP contribution in [0.25, 0.3) is 0 Å². The van der Waals surface area contributed by atoms with Crippen molar-refractivity contribution in [2.45, 2.75) is 37.6 Å². The number of amides is 1. The van der Waals surface area contributed by atoms with E-state index in [1.54, 1.807) is 0 Å². The third-order valence-electron chi connectivity index (χ3n) is 5.24. The third-order valence-corrected chi connectivity index (χ3v) is 6.95. The maximum atomic E-state index is 13.1. The minimum Gasteiger partial charge on any atom is -0.348 e. The molecule has 0 saturated carbocycles. The summed E-state index contributed by atoms with van der Waals surface area (Å²) in [6.07, 6.45) is 2.37. The monoisotopic (exact) mass is 467 g/mol. The van der Waals surface area contributed by atoms with Crippen LogP contribution in [0.5, 0.6) is 0 Å². The number of carbonyl (C=O) groups excluding carboxylic acids is 1. The zero-order valence-electron chi connectivity index (χ0n) is 17.6. The van der Waals surface area contributed by atoms with Gasteiger partial charge >= 0.3 is 0 Å². The molecule has 1 saturated heterocycles. The van der Waals surface area contributed by atoms with Crippen LogP contribution in [-0.4, -0.2) is 44.9 Å². The Morgan fingerprint density at radius 1 is 1.26 bits per heavy atom.